The predicted molar refractivity (Wildman–Crippen MR) is 123 cm³/mol. The third-order valence-corrected chi connectivity index (χ3v) is 5.99. The van der Waals surface area contributed by atoms with Gasteiger partial charge in [0.2, 0.25) is 0 Å². The molecule has 0 bridgehead atoms. The molecule has 0 amide bonds. The molecule has 0 spiro atoms. The fourth-order valence-electron chi connectivity index (χ4n) is 4.16. The van der Waals surface area contributed by atoms with E-state index in [1.807, 2.05) is 29.1 Å². The highest BCUT2D eigenvalue weighted by atomic mass is 35.5. The van der Waals surface area contributed by atoms with Crippen LogP contribution < -0.4 is 5.32 Å². The second kappa shape index (κ2) is 7.55. The molecule has 6 nitrogen and oxygen atoms in total. The number of fused-ring (bicyclic) bond motifs is 2. The van der Waals surface area contributed by atoms with Crippen LogP contribution in [0.4, 0.5) is 4.39 Å². The molecule has 1 aliphatic heterocycles. The number of nitrogens with zero attached hydrogens (tertiary/aromatic N) is 4. The second-order valence-corrected chi connectivity index (χ2v) is 8.24. The molecule has 4 heterocycles. The Hall–Kier alpha value is -3.55. The number of benzene rings is 2. The van der Waals surface area contributed by atoms with Gasteiger partial charge in [0.05, 0.1) is 41.2 Å². The van der Waals surface area contributed by atoms with Gasteiger partial charge in [-0.25, -0.2) is 9.37 Å². The molecule has 0 radical (unpaired) electrons. The topological polar surface area (TPSA) is 71.4 Å². The van der Waals surface area contributed by atoms with Crippen molar-refractivity contribution in [2.45, 2.75) is 13.1 Å². The lowest BCUT2D eigenvalue weighted by molar-refractivity contribution is 0.476. The van der Waals surface area contributed by atoms with E-state index in [1.165, 1.54) is 17.8 Å². The molecular formula is C24H18ClFN6. The lowest BCUT2D eigenvalue weighted by atomic mass is 10.0. The zero-order valence-electron chi connectivity index (χ0n) is 16.9. The average molecular weight is 445 g/mol. The van der Waals surface area contributed by atoms with Crippen molar-refractivity contribution in [3.05, 3.63) is 77.6 Å². The number of hydrogen-bond acceptors (Lipinski definition) is 4. The van der Waals surface area contributed by atoms with E-state index in [9.17, 15) is 4.39 Å². The van der Waals surface area contributed by atoms with Crippen molar-refractivity contribution in [2.75, 3.05) is 6.54 Å². The number of H-pyrrole nitrogens is 1. The quantitative estimate of drug-likeness (QED) is 0.408. The molecule has 0 saturated carbocycles. The van der Waals surface area contributed by atoms with Gasteiger partial charge < -0.3 is 10.3 Å². The van der Waals surface area contributed by atoms with Gasteiger partial charge in [0.25, 0.3) is 0 Å². The monoisotopic (exact) mass is 444 g/mol. The number of rotatable bonds is 3. The summed E-state index contributed by atoms with van der Waals surface area (Å²) in [4.78, 5) is 12.1. The van der Waals surface area contributed by atoms with Crippen molar-refractivity contribution in [1.82, 2.24) is 30.0 Å². The van der Waals surface area contributed by atoms with Crippen LogP contribution in [0.25, 0.3) is 44.7 Å². The van der Waals surface area contributed by atoms with Gasteiger partial charge in [0.15, 0.2) is 0 Å². The van der Waals surface area contributed by atoms with E-state index >= 15 is 0 Å². The molecule has 0 unspecified atom stereocenters. The number of pyridine rings is 1. The molecule has 8 heteroatoms. The van der Waals surface area contributed by atoms with Crippen LogP contribution in [0.5, 0.6) is 0 Å². The minimum absolute atomic E-state index is 0.358. The maximum atomic E-state index is 14.5. The molecule has 158 valence electrons. The number of nitrogens with one attached hydrogen (secondary N) is 2. The Bertz CT molecular complexity index is 1450. The molecule has 0 aliphatic carbocycles. The molecule has 32 heavy (non-hydrogen) atoms. The highest BCUT2D eigenvalue weighted by molar-refractivity contribution is 6.30. The van der Waals surface area contributed by atoms with Gasteiger partial charge in [0, 0.05) is 46.4 Å². The van der Waals surface area contributed by atoms with Crippen LogP contribution in [0.3, 0.4) is 0 Å². The summed E-state index contributed by atoms with van der Waals surface area (Å²) in [6.07, 6.45) is 3.42. The molecule has 1 aliphatic rings. The largest absolute Gasteiger partial charge is 0.344 e. The first-order valence-corrected chi connectivity index (χ1v) is 10.7. The number of hydrogen-bond donors (Lipinski definition) is 2. The first-order valence-electron chi connectivity index (χ1n) is 10.3. The fraction of sp³-hybridized carbons (Fsp3) is 0.125. The maximum Gasteiger partial charge on any atom is 0.132 e. The zero-order chi connectivity index (χ0) is 21.7. The standard InChI is InChI=1S/C24H18ClFN6/c25-17-2-3-20(26)19(9-17)24-23(29-13-30-24)14-1-4-21-15(7-14)8-16(11-28-21)22-10-18-12-27-5-6-32(18)31-22/h1-4,7-11,13,27H,5-6,12H2,(H,29,30). The molecule has 2 aromatic carbocycles. The van der Waals surface area contributed by atoms with Crippen LogP contribution >= 0.6 is 11.6 Å². The van der Waals surface area contributed by atoms with Gasteiger partial charge in [-0.15, -0.1) is 0 Å². The summed E-state index contributed by atoms with van der Waals surface area (Å²) in [5.74, 6) is -0.358. The molecular weight excluding hydrogens is 427 g/mol. The fourth-order valence-corrected chi connectivity index (χ4v) is 4.33. The molecule has 0 fully saturated rings. The molecule has 0 saturated heterocycles. The van der Waals surface area contributed by atoms with Gasteiger partial charge >= 0.3 is 0 Å². The summed E-state index contributed by atoms with van der Waals surface area (Å²) in [5, 5.41) is 9.53. The van der Waals surface area contributed by atoms with Crippen LogP contribution in [-0.4, -0.2) is 31.3 Å². The van der Waals surface area contributed by atoms with Crippen molar-refractivity contribution < 1.29 is 4.39 Å². The summed E-state index contributed by atoms with van der Waals surface area (Å²) in [6, 6.07) is 14.6. The normalized spacial score (nSPS) is 13.4. The molecule has 3 aromatic heterocycles. The summed E-state index contributed by atoms with van der Waals surface area (Å²) < 4.78 is 16.5. The Labute approximate surface area is 188 Å². The van der Waals surface area contributed by atoms with E-state index in [1.54, 1.807) is 12.4 Å². The van der Waals surface area contributed by atoms with E-state index in [-0.39, 0.29) is 5.82 Å². The Morgan fingerprint density at radius 2 is 1.91 bits per heavy atom. The van der Waals surface area contributed by atoms with E-state index < -0.39 is 0 Å². The Morgan fingerprint density at radius 1 is 1.00 bits per heavy atom. The van der Waals surface area contributed by atoms with E-state index in [4.69, 9.17) is 16.7 Å². The van der Waals surface area contributed by atoms with Crippen LogP contribution in [0.1, 0.15) is 5.69 Å². The van der Waals surface area contributed by atoms with Crippen molar-refractivity contribution in [2.24, 2.45) is 0 Å². The second-order valence-electron chi connectivity index (χ2n) is 7.80. The van der Waals surface area contributed by atoms with Crippen molar-refractivity contribution in [3.8, 4) is 33.8 Å². The molecule has 0 atom stereocenters. The van der Waals surface area contributed by atoms with Gasteiger partial charge in [-0.3, -0.25) is 9.67 Å². The third kappa shape index (κ3) is 3.26. The summed E-state index contributed by atoms with van der Waals surface area (Å²) in [6.45, 7) is 2.61. The minimum atomic E-state index is -0.358. The lowest BCUT2D eigenvalue weighted by Crippen LogP contribution is -2.28. The van der Waals surface area contributed by atoms with E-state index in [0.717, 1.165) is 47.4 Å². The Balaban J connectivity index is 1.43. The van der Waals surface area contributed by atoms with Crippen molar-refractivity contribution >= 4 is 22.5 Å². The first kappa shape index (κ1) is 19.2. The van der Waals surface area contributed by atoms with Gasteiger partial charge in [-0.2, -0.15) is 5.10 Å². The van der Waals surface area contributed by atoms with E-state index in [0.29, 0.717) is 22.0 Å². The number of halogens is 2. The Morgan fingerprint density at radius 3 is 2.81 bits per heavy atom. The average Bonchev–Trinajstić information content (AvgIpc) is 3.47. The highest BCUT2D eigenvalue weighted by Gasteiger charge is 2.16. The summed E-state index contributed by atoms with van der Waals surface area (Å²) in [7, 11) is 0. The van der Waals surface area contributed by atoms with Crippen LogP contribution in [0, 0.1) is 5.82 Å². The molecule has 5 aromatic rings. The van der Waals surface area contributed by atoms with Crippen LogP contribution in [0.2, 0.25) is 5.02 Å². The maximum absolute atomic E-state index is 14.5. The zero-order valence-corrected chi connectivity index (χ0v) is 17.7. The van der Waals surface area contributed by atoms with E-state index in [2.05, 4.69) is 32.4 Å². The summed E-state index contributed by atoms with van der Waals surface area (Å²) >= 11 is 6.10. The van der Waals surface area contributed by atoms with Gasteiger partial charge in [-0.05, 0) is 42.5 Å². The van der Waals surface area contributed by atoms with Crippen molar-refractivity contribution in [1.29, 1.82) is 0 Å². The predicted octanol–water partition coefficient (Wildman–Crippen LogP) is 5.05. The number of imidazole rings is 1. The SMILES string of the molecule is Fc1ccc(Cl)cc1-c1[nH]cnc1-c1ccc2ncc(-c3cc4n(n3)CCNC4)cc2c1. The van der Waals surface area contributed by atoms with Crippen molar-refractivity contribution in [3.63, 3.8) is 0 Å². The van der Waals surface area contributed by atoms with Gasteiger partial charge in [-0.1, -0.05) is 17.7 Å². The van der Waals surface area contributed by atoms with Gasteiger partial charge in [0.1, 0.15) is 5.82 Å². The minimum Gasteiger partial charge on any atom is -0.344 e. The molecule has 6 rings (SSSR count). The number of aromatic nitrogens is 5. The summed E-state index contributed by atoms with van der Waals surface area (Å²) in [5.41, 5.74) is 6.39. The van der Waals surface area contributed by atoms with Crippen LogP contribution in [0.15, 0.2) is 61.1 Å². The smallest absolute Gasteiger partial charge is 0.132 e. The molecule has 2 N–H and O–H groups in total. The highest BCUT2D eigenvalue weighted by Crippen LogP contribution is 2.34. The third-order valence-electron chi connectivity index (χ3n) is 5.76. The van der Waals surface area contributed by atoms with Crippen LogP contribution in [-0.2, 0) is 13.1 Å². The lowest BCUT2D eigenvalue weighted by Gasteiger charge is -2.13. The Kier molecular flexibility index (Phi) is 4.52. The number of aromatic amines is 1. The first-order chi connectivity index (χ1) is 15.7.